The number of Topliss-reactive ketones (excluding diaryl/α,β-unsaturated/α-hetero) is 6. The zero-order valence-electron chi connectivity index (χ0n) is 17.3. The maximum Gasteiger partial charge on any atom is 0.220 e. The zero-order valence-corrected chi connectivity index (χ0v) is 17.3. The summed E-state index contributed by atoms with van der Waals surface area (Å²) in [6.45, 7) is 0.883. The third kappa shape index (κ3) is 2.99. The average Bonchev–Trinajstić information content (AvgIpc) is 2.62. The van der Waals surface area contributed by atoms with Crippen LogP contribution in [0.25, 0.3) is 0 Å². The summed E-state index contributed by atoms with van der Waals surface area (Å²) >= 11 is 0. The first-order chi connectivity index (χ1) is 13.2. The van der Waals surface area contributed by atoms with Crippen LogP contribution < -0.4 is 0 Å². The second-order valence-electron chi connectivity index (χ2n) is 7.20. The predicted octanol–water partition coefficient (Wildman–Crippen LogP) is -3.83. The van der Waals surface area contributed by atoms with Gasteiger partial charge >= 0.3 is 0 Å². The van der Waals surface area contributed by atoms with Gasteiger partial charge in [-0.05, 0) is 41.5 Å². The Labute approximate surface area is 171 Å². The molecule has 0 aliphatic rings. The Balaban J connectivity index is 8.09. The molecule has 0 aromatic carbocycles. The SMILES string of the molecule is CC(=O)C(O)(C(C)=O)[C@@](O)(C(C)=O)[C@](O)(C(C)=O)[C@@](O)(C(C)=O)[C@](O)(CO)C(C)=O. The molecule has 0 heterocycles. The quantitative estimate of drug-likeness (QED) is 0.172. The van der Waals surface area contributed by atoms with Gasteiger partial charge in [0.25, 0.3) is 0 Å². The molecule has 12 nitrogen and oxygen atoms in total. The van der Waals surface area contributed by atoms with Gasteiger partial charge in [0.05, 0.1) is 6.61 Å². The van der Waals surface area contributed by atoms with Gasteiger partial charge in [0.1, 0.15) is 0 Å². The molecule has 0 amide bonds. The van der Waals surface area contributed by atoms with Gasteiger partial charge in [0.15, 0.2) is 45.9 Å². The summed E-state index contributed by atoms with van der Waals surface area (Å²) in [5.41, 5.74) is -20.5. The van der Waals surface area contributed by atoms with Crippen LogP contribution >= 0.6 is 0 Å². The summed E-state index contributed by atoms with van der Waals surface area (Å²) in [5.74, 6) is -10.6. The molecule has 0 spiro atoms. The van der Waals surface area contributed by atoms with E-state index in [-0.39, 0.29) is 0 Å². The number of rotatable bonds is 11. The zero-order chi connectivity index (χ0) is 24.7. The van der Waals surface area contributed by atoms with Crippen molar-refractivity contribution in [1.29, 1.82) is 0 Å². The van der Waals surface area contributed by atoms with E-state index in [9.17, 15) is 59.4 Å². The highest BCUT2D eigenvalue weighted by Crippen LogP contribution is 2.47. The monoisotopic (exact) mass is 434 g/mol. The molecule has 6 N–H and O–H groups in total. The van der Waals surface area contributed by atoms with Gasteiger partial charge in [-0.15, -0.1) is 0 Å². The molecule has 170 valence electrons. The van der Waals surface area contributed by atoms with Crippen molar-refractivity contribution in [2.45, 2.75) is 69.5 Å². The van der Waals surface area contributed by atoms with Crippen LogP contribution in [0.3, 0.4) is 0 Å². The molecule has 0 aliphatic heterocycles. The number of aliphatic hydroxyl groups excluding tert-OH is 1. The van der Waals surface area contributed by atoms with Gasteiger partial charge in [-0.25, -0.2) is 0 Å². The molecule has 0 bridgehead atoms. The lowest BCUT2D eigenvalue weighted by Crippen LogP contribution is -2.89. The Bertz CT molecular complexity index is 802. The van der Waals surface area contributed by atoms with Crippen molar-refractivity contribution in [3.8, 4) is 0 Å². The van der Waals surface area contributed by atoms with Crippen LogP contribution in [0.2, 0.25) is 0 Å². The lowest BCUT2D eigenvalue weighted by Gasteiger charge is -2.56. The van der Waals surface area contributed by atoms with Crippen LogP contribution in [-0.2, 0) is 28.8 Å². The van der Waals surface area contributed by atoms with Crippen LogP contribution in [0.1, 0.15) is 41.5 Å². The first-order valence-corrected chi connectivity index (χ1v) is 8.51. The molecule has 30 heavy (non-hydrogen) atoms. The molecule has 0 aliphatic carbocycles. The fourth-order valence-corrected chi connectivity index (χ4v) is 3.63. The molecular weight excluding hydrogens is 408 g/mol. The molecule has 12 heteroatoms. The third-order valence-electron chi connectivity index (χ3n) is 5.53. The molecule has 0 unspecified atom stereocenters. The van der Waals surface area contributed by atoms with E-state index in [1.165, 1.54) is 0 Å². The number of hydrogen-bond acceptors (Lipinski definition) is 12. The Morgan fingerprint density at radius 1 is 0.500 bits per heavy atom. The highest BCUT2D eigenvalue weighted by Gasteiger charge is 2.82. The molecular formula is C18H26O12. The molecule has 0 aromatic heterocycles. The minimum absolute atomic E-state index is 0.375. The average molecular weight is 434 g/mol. The Morgan fingerprint density at radius 2 is 0.800 bits per heavy atom. The van der Waals surface area contributed by atoms with Crippen LogP contribution in [0.5, 0.6) is 0 Å². The third-order valence-corrected chi connectivity index (χ3v) is 5.53. The maximum absolute atomic E-state index is 12.5. The lowest BCUT2D eigenvalue weighted by atomic mass is 9.53. The molecule has 4 atom stereocenters. The summed E-state index contributed by atoms with van der Waals surface area (Å²) in [6, 6.07) is 0. The fraction of sp³-hybridized carbons (Fsp3) is 0.667. The van der Waals surface area contributed by atoms with Gasteiger partial charge in [-0.3, -0.25) is 28.8 Å². The second-order valence-corrected chi connectivity index (χ2v) is 7.20. The van der Waals surface area contributed by atoms with E-state index in [2.05, 4.69) is 0 Å². The van der Waals surface area contributed by atoms with Crippen LogP contribution in [-0.4, -0.2) is 100.0 Å². The normalized spacial score (nSPS) is 20.0. The van der Waals surface area contributed by atoms with Crippen molar-refractivity contribution in [2.24, 2.45) is 0 Å². The van der Waals surface area contributed by atoms with Gasteiger partial charge in [-0.1, -0.05) is 0 Å². The minimum Gasteiger partial charge on any atom is -0.393 e. The van der Waals surface area contributed by atoms with Gasteiger partial charge in [0.2, 0.25) is 16.8 Å². The van der Waals surface area contributed by atoms with E-state index in [1.54, 1.807) is 0 Å². The maximum atomic E-state index is 12.5. The molecule has 0 rings (SSSR count). The van der Waals surface area contributed by atoms with E-state index < -0.39 is 69.3 Å². The van der Waals surface area contributed by atoms with E-state index in [1.807, 2.05) is 0 Å². The topological polar surface area (TPSA) is 224 Å². The molecule has 0 saturated heterocycles. The standard InChI is InChI=1S/C18H26O12/c1-8(20)14(26,7-19)16(28,11(4)23)18(30,13(6)25)17(29,12(5)24)15(27,9(2)21)10(3)22/h19,26-30H,7H2,1-6H3/t14-,16+,17-,18-/m0/s1. The number of ketones is 6. The summed E-state index contributed by atoms with van der Waals surface area (Å²) in [4.78, 5) is 73.7. The number of carbonyl (C=O) groups is 6. The van der Waals surface area contributed by atoms with Gasteiger partial charge in [0, 0.05) is 0 Å². The second kappa shape index (κ2) is 8.13. The number of hydrogen-bond donors (Lipinski definition) is 6. The van der Waals surface area contributed by atoms with Crippen LogP contribution in [0, 0.1) is 0 Å². The molecule has 0 radical (unpaired) electrons. The minimum atomic E-state index is -4.38. The summed E-state index contributed by atoms with van der Waals surface area (Å²) in [6.07, 6.45) is 0. The Morgan fingerprint density at radius 3 is 0.967 bits per heavy atom. The van der Waals surface area contributed by atoms with E-state index in [4.69, 9.17) is 0 Å². The Hall–Kier alpha value is -2.22. The molecule has 0 aromatic rings. The van der Waals surface area contributed by atoms with Gasteiger partial charge < -0.3 is 30.6 Å². The fourth-order valence-electron chi connectivity index (χ4n) is 3.63. The van der Waals surface area contributed by atoms with E-state index in [0.29, 0.717) is 41.5 Å². The Kier molecular flexibility index (Phi) is 7.53. The van der Waals surface area contributed by atoms with Gasteiger partial charge in [-0.2, -0.15) is 0 Å². The first kappa shape index (κ1) is 27.8. The lowest BCUT2D eigenvalue weighted by molar-refractivity contribution is -0.289. The van der Waals surface area contributed by atoms with E-state index in [0.717, 1.165) is 0 Å². The van der Waals surface area contributed by atoms with Crippen molar-refractivity contribution >= 4 is 34.7 Å². The summed E-state index contributed by atoms with van der Waals surface area (Å²) in [7, 11) is 0. The summed E-state index contributed by atoms with van der Waals surface area (Å²) in [5, 5.41) is 64.3. The number of aliphatic hydroxyl groups is 6. The van der Waals surface area contributed by atoms with Crippen molar-refractivity contribution in [3.63, 3.8) is 0 Å². The van der Waals surface area contributed by atoms with Crippen LogP contribution in [0.15, 0.2) is 0 Å². The highest BCUT2D eigenvalue weighted by atomic mass is 16.4. The summed E-state index contributed by atoms with van der Waals surface area (Å²) < 4.78 is 0. The van der Waals surface area contributed by atoms with Crippen molar-refractivity contribution in [3.05, 3.63) is 0 Å². The smallest absolute Gasteiger partial charge is 0.220 e. The largest absolute Gasteiger partial charge is 0.393 e. The van der Waals surface area contributed by atoms with Crippen molar-refractivity contribution in [1.82, 2.24) is 0 Å². The first-order valence-electron chi connectivity index (χ1n) is 8.51. The molecule has 0 saturated carbocycles. The van der Waals surface area contributed by atoms with E-state index >= 15 is 0 Å². The van der Waals surface area contributed by atoms with Crippen molar-refractivity contribution < 1.29 is 59.4 Å². The van der Waals surface area contributed by atoms with Crippen LogP contribution in [0.4, 0.5) is 0 Å². The predicted molar refractivity (Wildman–Crippen MR) is 95.9 cm³/mol. The molecule has 0 fully saturated rings. The highest BCUT2D eigenvalue weighted by molar-refractivity contribution is 6.18. The number of carbonyl (C=O) groups excluding carboxylic acids is 6. The van der Waals surface area contributed by atoms with Crippen molar-refractivity contribution in [2.75, 3.05) is 6.61 Å².